The molecule has 0 heterocycles. The maximum atomic E-state index is 13.5. The summed E-state index contributed by atoms with van der Waals surface area (Å²) in [4.78, 5) is 12.4. The Kier molecular flexibility index (Phi) is 5.04. The summed E-state index contributed by atoms with van der Waals surface area (Å²) in [7, 11) is 0. The molecule has 0 aromatic heterocycles. The smallest absolute Gasteiger partial charge is 0.146 e. The van der Waals surface area contributed by atoms with Gasteiger partial charge in [-0.25, -0.2) is 4.39 Å². The van der Waals surface area contributed by atoms with Gasteiger partial charge in [0, 0.05) is 13.0 Å². The molecule has 0 spiro atoms. The summed E-state index contributed by atoms with van der Waals surface area (Å²) in [5, 5.41) is 0. The molecule has 1 unspecified atom stereocenters. The van der Waals surface area contributed by atoms with Crippen LogP contribution in [0.1, 0.15) is 17.0 Å². The Labute approximate surface area is 125 Å². The highest BCUT2D eigenvalue weighted by Gasteiger charge is 2.20. The maximum Gasteiger partial charge on any atom is 0.146 e. The molecule has 0 radical (unpaired) electrons. The SMILES string of the molecule is NCC(C(=O)Cc1cccc(F)c1Br)c1ccccc1. The number of rotatable bonds is 5. The normalized spacial score (nSPS) is 12.2. The number of carbonyl (C=O) groups is 1. The van der Waals surface area contributed by atoms with Crippen molar-refractivity contribution in [1.82, 2.24) is 0 Å². The lowest BCUT2D eigenvalue weighted by Gasteiger charge is -2.14. The molecule has 0 aliphatic rings. The van der Waals surface area contributed by atoms with E-state index in [1.165, 1.54) is 6.07 Å². The monoisotopic (exact) mass is 335 g/mol. The second-order valence-corrected chi connectivity index (χ2v) is 5.35. The van der Waals surface area contributed by atoms with Gasteiger partial charge in [0.05, 0.1) is 10.4 Å². The Morgan fingerprint density at radius 3 is 2.50 bits per heavy atom. The second-order valence-electron chi connectivity index (χ2n) is 4.56. The molecule has 0 saturated carbocycles. The number of Topliss-reactive ketones (excluding diaryl/α,β-unsaturated/α-hetero) is 1. The van der Waals surface area contributed by atoms with E-state index in [1.54, 1.807) is 12.1 Å². The zero-order valence-corrected chi connectivity index (χ0v) is 12.4. The van der Waals surface area contributed by atoms with Crippen LogP contribution >= 0.6 is 15.9 Å². The van der Waals surface area contributed by atoms with E-state index in [-0.39, 0.29) is 30.5 Å². The fourth-order valence-electron chi connectivity index (χ4n) is 2.13. The summed E-state index contributed by atoms with van der Waals surface area (Å²) in [6.45, 7) is 0.246. The van der Waals surface area contributed by atoms with Crippen LogP contribution in [-0.4, -0.2) is 12.3 Å². The summed E-state index contributed by atoms with van der Waals surface area (Å²) in [6, 6.07) is 14.1. The number of hydrogen-bond donors (Lipinski definition) is 1. The third-order valence-corrected chi connectivity index (χ3v) is 4.11. The molecule has 0 aliphatic carbocycles. The van der Waals surface area contributed by atoms with Crippen LogP contribution in [0.15, 0.2) is 53.0 Å². The van der Waals surface area contributed by atoms with Crippen molar-refractivity contribution in [3.8, 4) is 0 Å². The molecule has 104 valence electrons. The average molecular weight is 336 g/mol. The van der Waals surface area contributed by atoms with Crippen LogP contribution in [0.3, 0.4) is 0 Å². The molecule has 2 aromatic carbocycles. The van der Waals surface area contributed by atoms with E-state index in [9.17, 15) is 9.18 Å². The van der Waals surface area contributed by atoms with Crippen molar-refractivity contribution < 1.29 is 9.18 Å². The molecule has 0 saturated heterocycles. The Hall–Kier alpha value is -1.52. The highest BCUT2D eigenvalue weighted by molar-refractivity contribution is 9.10. The van der Waals surface area contributed by atoms with Crippen LogP contribution < -0.4 is 5.73 Å². The van der Waals surface area contributed by atoms with Gasteiger partial charge in [-0.15, -0.1) is 0 Å². The van der Waals surface area contributed by atoms with Gasteiger partial charge in [-0.3, -0.25) is 4.79 Å². The Morgan fingerprint density at radius 1 is 1.15 bits per heavy atom. The van der Waals surface area contributed by atoms with Gasteiger partial charge in [0.1, 0.15) is 11.6 Å². The minimum atomic E-state index is -0.362. The van der Waals surface area contributed by atoms with Gasteiger partial charge in [-0.2, -0.15) is 0 Å². The predicted octanol–water partition coefficient (Wildman–Crippen LogP) is 3.44. The molecule has 2 rings (SSSR count). The van der Waals surface area contributed by atoms with Gasteiger partial charge >= 0.3 is 0 Å². The zero-order valence-electron chi connectivity index (χ0n) is 10.9. The zero-order chi connectivity index (χ0) is 14.5. The largest absolute Gasteiger partial charge is 0.329 e. The summed E-state index contributed by atoms with van der Waals surface area (Å²) < 4.78 is 13.8. The van der Waals surface area contributed by atoms with Crippen molar-refractivity contribution >= 4 is 21.7 Å². The van der Waals surface area contributed by atoms with Gasteiger partial charge in [0.15, 0.2) is 0 Å². The number of carbonyl (C=O) groups excluding carboxylic acids is 1. The first-order valence-corrected chi connectivity index (χ1v) is 7.13. The third-order valence-electron chi connectivity index (χ3n) is 3.22. The first-order chi connectivity index (χ1) is 9.63. The van der Waals surface area contributed by atoms with Crippen molar-refractivity contribution in [1.29, 1.82) is 0 Å². The fourth-order valence-corrected chi connectivity index (χ4v) is 2.54. The molecule has 0 bridgehead atoms. The number of halogens is 2. The van der Waals surface area contributed by atoms with Gasteiger partial charge < -0.3 is 5.73 Å². The quantitative estimate of drug-likeness (QED) is 0.909. The molecular weight excluding hydrogens is 321 g/mol. The topological polar surface area (TPSA) is 43.1 Å². The van der Waals surface area contributed by atoms with Crippen LogP contribution in [-0.2, 0) is 11.2 Å². The van der Waals surface area contributed by atoms with Crippen LogP contribution in [0.5, 0.6) is 0 Å². The molecule has 0 aliphatic heterocycles. The first-order valence-electron chi connectivity index (χ1n) is 6.34. The molecule has 20 heavy (non-hydrogen) atoms. The molecule has 0 fully saturated rings. The highest BCUT2D eigenvalue weighted by atomic mass is 79.9. The molecule has 4 heteroatoms. The van der Waals surface area contributed by atoms with Crippen molar-refractivity contribution in [2.75, 3.05) is 6.54 Å². The molecular formula is C16H15BrFNO. The molecule has 2 nitrogen and oxygen atoms in total. The van der Waals surface area contributed by atoms with E-state index in [0.29, 0.717) is 10.0 Å². The van der Waals surface area contributed by atoms with Crippen molar-refractivity contribution in [3.63, 3.8) is 0 Å². The maximum absolute atomic E-state index is 13.5. The van der Waals surface area contributed by atoms with E-state index in [2.05, 4.69) is 15.9 Å². The van der Waals surface area contributed by atoms with E-state index < -0.39 is 0 Å². The predicted molar refractivity (Wildman–Crippen MR) is 81.0 cm³/mol. The molecule has 1 atom stereocenters. The Bertz CT molecular complexity index is 601. The minimum absolute atomic E-state index is 0.00926. The number of ketones is 1. The van der Waals surface area contributed by atoms with Gasteiger partial charge in [0.25, 0.3) is 0 Å². The highest BCUT2D eigenvalue weighted by Crippen LogP contribution is 2.24. The van der Waals surface area contributed by atoms with Crippen molar-refractivity contribution in [2.24, 2.45) is 5.73 Å². The van der Waals surface area contributed by atoms with Crippen LogP contribution in [0.2, 0.25) is 0 Å². The summed E-state index contributed by atoms with van der Waals surface area (Å²) >= 11 is 3.18. The Balaban J connectivity index is 2.20. The summed E-state index contributed by atoms with van der Waals surface area (Å²) in [5.74, 6) is -0.726. The summed E-state index contributed by atoms with van der Waals surface area (Å²) in [6.07, 6.45) is 0.162. The van der Waals surface area contributed by atoms with Crippen LogP contribution in [0.4, 0.5) is 4.39 Å². The lowest BCUT2D eigenvalue weighted by Crippen LogP contribution is -2.23. The Morgan fingerprint density at radius 2 is 1.85 bits per heavy atom. The van der Waals surface area contributed by atoms with Crippen LogP contribution in [0.25, 0.3) is 0 Å². The lowest BCUT2D eigenvalue weighted by molar-refractivity contribution is -0.119. The molecule has 2 N–H and O–H groups in total. The average Bonchev–Trinajstić information content (AvgIpc) is 2.46. The lowest BCUT2D eigenvalue weighted by atomic mass is 9.91. The van der Waals surface area contributed by atoms with Gasteiger partial charge in [0.2, 0.25) is 0 Å². The standard InChI is InChI=1S/C16H15BrFNO/c17-16-12(7-4-8-14(16)18)9-15(20)13(10-19)11-5-2-1-3-6-11/h1-8,13H,9-10,19H2. The summed E-state index contributed by atoms with van der Waals surface area (Å²) in [5.41, 5.74) is 7.26. The number of nitrogens with two attached hydrogens (primary N) is 1. The molecule has 0 amide bonds. The van der Waals surface area contributed by atoms with E-state index in [4.69, 9.17) is 5.73 Å². The fraction of sp³-hybridized carbons (Fsp3) is 0.188. The van der Waals surface area contributed by atoms with Gasteiger partial charge in [-0.05, 0) is 33.1 Å². The third kappa shape index (κ3) is 3.32. The first kappa shape index (κ1) is 14.9. The number of hydrogen-bond acceptors (Lipinski definition) is 2. The minimum Gasteiger partial charge on any atom is -0.329 e. The van der Waals surface area contributed by atoms with E-state index in [1.807, 2.05) is 30.3 Å². The van der Waals surface area contributed by atoms with Crippen LogP contribution in [0, 0.1) is 5.82 Å². The number of benzene rings is 2. The van der Waals surface area contributed by atoms with Crippen molar-refractivity contribution in [3.05, 3.63) is 69.9 Å². The van der Waals surface area contributed by atoms with Crippen molar-refractivity contribution in [2.45, 2.75) is 12.3 Å². The van der Waals surface area contributed by atoms with Gasteiger partial charge in [-0.1, -0.05) is 42.5 Å². The van der Waals surface area contributed by atoms with E-state index in [0.717, 1.165) is 5.56 Å². The second kappa shape index (κ2) is 6.77. The molecule has 2 aromatic rings. The van der Waals surface area contributed by atoms with E-state index >= 15 is 0 Å².